The minimum Gasteiger partial charge on any atom is -0.296 e. The lowest BCUT2D eigenvalue weighted by molar-refractivity contribution is 0.122. The topological polar surface area (TPSA) is 40.9 Å². The number of rotatable bonds is 4. The van der Waals surface area contributed by atoms with Crippen LogP contribution in [0.4, 0.5) is 0 Å². The number of aryl methyl sites for hydroxylation is 1. The fourth-order valence-electron chi connectivity index (χ4n) is 3.14. The Bertz CT molecular complexity index is 876. The molecule has 0 amide bonds. The zero-order valence-electron chi connectivity index (χ0n) is 13.6. The summed E-state index contributed by atoms with van der Waals surface area (Å²) in [5.41, 5.74) is 1.87. The fourth-order valence-corrected chi connectivity index (χ4v) is 4.78. The highest BCUT2D eigenvalue weighted by Crippen LogP contribution is 2.15. The van der Waals surface area contributed by atoms with Crippen LogP contribution in [-0.4, -0.2) is 45.4 Å². The van der Waals surface area contributed by atoms with Gasteiger partial charge in [-0.25, -0.2) is 4.98 Å². The molecule has 0 aliphatic carbocycles. The van der Waals surface area contributed by atoms with Crippen LogP contribution in [0.25, 0.3) is 4.96 Å². The summed E-state index contributed by atoms with van der Waals surface area (Å²) in [6.45, 7) is 7.93. The molecule has 24 heavy (non-hydrogen) atoms. The van der Waals surface area contributed by atoms with E-state index >= 15 is 0 Å². The van der Waals surface area contributed by atoms with E-state index in [2.05, 4.69) is 32.3 Å². The van der Waals surface area contributed by atoms with Crippen LogP contribution in [0, 0.1) is 6.92 Å². The van der Waals surface area contributed by atoms with Gasteiger partial charge in [-0.3, -0.25) is 19.0 Å². The first kappa shape index (κ1) is 16.0. The van der Waals surface area contributed by atoms with Crippen molar-refractivity contribution in [3.8, 4) is 0 Å². The molecule has 4 rings (SSSR count). The highest BCUT2D eigenvalue weighted by Gasteiger charge is 2.18. The van der Waals surface area contributed by atoms with Gasteiger partial charge in [0.1, 0.15) is 0 Å². The molecule has 7 heteroatoms. The summed E-state index contributed by atoms with van der Waals surface area (Å²) >= 11 is 3.36. The first-order chi connectivity index (χ1) is 11.7. The lowest BCUT2D eigenvalue weighted by Crippen LogP contribution is -2.45. The molecule has 0 bridgehead atoms. The summed E-state index contributed by atoms with van der Waals surface area (Å²) in [6.07, 6.45) is 0. The van der Waals surface area contributed by atoms with Crippen molar-refractivity contribution in [2.24, 2.45) is 0 Å². The van der Waals surface area contributed by atoms with E-state index in [1.54, 1.807) is 10.5 Å². The number of aromatic nitrogens is 2. The van der Waals surface area contributed by atoms with E-state index in [-0.39, 0.29) is 5.56 Å². The summed E-state index contributed by atoms with van der Waals surface area (Å²) in [4.78, 5) is 24.0. The second-order valence-corrected chi connectivity index (χ2v) is 8.08. The number of thiophene rings is 1. The maximum Gasteiger partial charge on any atom is 0.259 e. The molecule has 1 saturated heterocycles. The average molecular weight is 361 g/mol. The van der Waals surface area contributed by atoms with Gasteiger partial charge >= 0.3 is 0 Å². The van der Waals surface area contributed by atoms with Crippen LogP contribution in [0.15, 0.2) is 33.8 Å². The van der Waals surface area contributed by atoms with Crippen LogP contribution in [0.2, 0.25) is 0 Å². The van der Waals surface area contributed by atoms with E-state index in [1.165, 1.54) is 16.2 Å². The molecular formula is C17H20N4OS2. The molecule has 126 valence electrons. The van der Waals surface area contributed by atoms with Crippen molar-refractivity contribution in [3.05, 3.63) is 55.6 Å². The Labute approximate surface area is 148 Å². The lowest BCUT2D eigenvalue weighted by Gasteiger charge is -2.34. The first-order valence-electron chi connectivity index (χ1n) is 8.13. The van der Waals surface area contributed by atoms with E-state index in [4.69, 9.17) is 0 Å². The lowest BCUT2D eigenvalue weighted by atomic mass is 10.2. The Balaban J connectivity index is 1.39. The Morgan fingerprint density at radius 1 is 1.12 bits per heavy atom. The van der Waals surface area contributed by atoms with Crippen LogP contribution in [0.1, 0.15) is 16.3 Å². The molecule has 0 saturated carbocycles. The predicted molar refractivity (Wildman–Crippen MR) is 98.9 cm³/mol. The van der Waals surface area contributed by atoms with Crippen molar-refractivity contribution in [2.45, 2.75) is 20.0 Å². The number of nitrogens with zero attached hydrogens (tertiary/aromatic N) is 4. The normalized spacial score (nSPS) is 16.9. The minimum absolute atomic E-state index is 0.0325. The van der Waals surface area contributed by atoms with Gasteiger partial charge in [-0.1, -0.05) is 6.07 Å². The van der Waals surface area contributed by atoms with Crippen molar-refractivity contribution in [1.29, 1.82) is 0 Å². The fraction of sp³-hybridized carbons (Fsp3) is 0.412. The highest BCUT2D eigenvalue weighted by atomic mass is 32.1. The number of fused-ring (bicyclic) bond motifs is 1. The molecule has 0 unspecified atom stereocenters. The van der Waals surface area contributed by atoms with Crippen LogP contribution in [0.3, 0.4) is 0 Å². The molecule has 0 N–H and O–H groups in total. The van der Waals surface area contributed by atoms with Crippen LogP contribution in [-0.2, 0) is 13.1 Å². The van der Waals surface area contributed by atoms with Gasteiger partial charge in [-0.15, -0.1) is 22.7 Å². The second-order valence-electron chi connectivity index (χ2n) is 6.21. The molecule has 1 aliphatic heterocycles. The number of piperazine rings is 1. The van der Waals surface area contributed by atoms with Crippen molar-refractivity contribution in [3.63, 3.8) is 0 Å². The summed E-state index contributed by atoms with van der Waals surface area (Å²) in [5.74, 6) is 0. The Morgan fingerprint density at radius 3 is 2.58 bits per heavy atom. The summed E-state index contributed by atoms with van der Waals surface area (Å²) in [7, 11) is 0. The van der Waals surface area contributed by atoms with E-state index in [0.717, 1.165) is 55.6 Å². The molecule has 5 nitrogen and oxygen atoms in total. The van der Waals surface area contributed by atoms with Gasteiger partial charge in [0.15, 0.2) is 4.96 Å². The number of hydrogen-bond donors (Lipinski definition) is 0. The van der Waals surface area contributed by atoms with Gasteiger partial charge in [0, 0.05) is 61.3 Å². The van der Waals surface area contributed by atoms with E-state index in [0.29, 0.717) is 0 Å². The van der Waals surface area contributed by atoms with Gasteiger partial charge in [-0.2, -0.15) is 0 Å². The second kappa shape index (κ2) is 6.76. The van der Waals surface area contributed by atoms with E-state index in [1.807, 2.05) is 23.6 Å². The summed E-state index contributed by atoms with van der Waals surface area (Å²) < 4.78 is 1.69. The molecule has 0 aromatic carbocycles. The maximum atomic E-state index is 12.3. The number of hydrogen-bond acceptors (Lipinski definition) is 6. The smallest absolute Gasteiger partial charge is 0.259 e. The first-order valence-corrected chi connectivity index (χ1v) is 9.89. The summed E-state index contributed by atoms with van der Waals surface area (Å²) in [6, 6.07) is 6.00. The highest BCUT2D eigenvalue weighted by molar-refractivity contribution is 7.15. The van der Waals surface area contributed by atoms with Crippen molar-refractivity contribution in [2.75, 3.05) is 26.2 Å². The quantitative estimate of drug-likeness (QED) is 0.717. The Hall–Kier alpha value is -1.54. The molecule has 0 atom stereocenters. The molecule has 0 spiro atoms. The summed E-state index contributed by atoms with van der Waals surface area (Å²) in [5, 5.41) is 4.12. The van der Waals surface area contributed by atoms with Gasteiger partial charge in [-0.05, 0) is 18.4 Å². The molecule has 0 radical (unpaired) electrons. The van der Waals surface area contributed by atoms with Crippen LogP contribution in [0.5, 0.6) is 0 Å². The van der Waals surface area contributed by atoms with Crippen molar-refractivity contribution < 1.29 is 0 Å². The molecular weight excluding hydrogens is 340 g/mol. The van der Waals surface area contributed by atoms with Gasteiger partial charge in [0.05, 0.1) is 5.69 Å². The maximum absolute atomic E-state index is 12.3. The third kappa shape index (κ3) is 3.30. The molecule has 1 fully saturated rings. The molecule has 4 heterocycles. The predicted octanol–water partition coefficient (Wildman–Crippen LogP) is 2.44. The molecule has 3 aromatic heterocycles. The van der Waals surface area contributed by atoms with Crippen LogP contribution >= 0.6 is 22.7 Å². The van der Waals surface area contributed by atoms with Crippen molar-refractivity contribution in [1.82, 2.24) is 19.2 Å². The third-order valence-corrected chi connectivity index (χ3v) is 6.24. The van der Waals surface area contributed by atoms with Crippen LogP contribution < -0.4 is 5.56 Å². The Morgan fingerprint density at radius 2 is 1.88 bits per heavy atom. The third-order valence-electron chi connectivity index (χ3n) is 4.44. The van der Waals surface area contributed by atoms with Gasteiger partial charge < -0.3 is 0 Å². The largest absolute Gasteiger partial charge is 0.296 e. The molecule has 3 aromatic rings. The Kier molecular flexibility index (Phi) is 4.49. The number of thiazole rings is 1. The zero-order valence-corrected chi connectivity index (χ0v) is 15.3. The zero-order chi connectivity index (χ0) is 16.5. The minimum atomic E-state index is 0.0325. The average Bonchev–Trinajstić information content (AvgIpc) is 3.20. The monoisotopic (exact) mass is 360 g/mol. The van der Waals surface area contributed by atoms with Gasteiger partial charge in [0.25, 0.3) is 5.56 Å². The van der Waals surface area contributed by atoms with Crippen molar-refractivity contribution >= 4 is 27.6 Å². The van der Waals surface area contributed by atoms with E-state index in [9.17, 15) is 4.79 Å². The van der Waals surface area contributed by atoms with Gasteiger partial charge in [0.2, 0.25) is 0 Å². The standard InChI is InChI=1S/C17H20N4OS2/c1-13-12-24-17-18-14(9-16(22)21(13)17)10-19-4-6-20(7-5-19)11-15-3-2-8-23-15/h2-3,8-9,12H,4-7,10-11H2,1H3. The SMILES string of the molecule is Cc1csc2nc(CN3CCN(Cc4cccs4)CC3)cc(=O)n12. The van der Waals surface area contributed by atoms with E-state index < -0.39 is 0 Å². The molecule has 1 aliphatic rings.